The summed E-state index contributed by atoms with van der Waals surface area (Å²) in [5.41, 5.74) is 1.10. The molecular weight excluding hydrogens is 362 g/mol. The summed E-state index contributed by atoms with van der Waals surface area (Å²) in [5.74, 6) is 1.21. The highest BCUT2D eigenvalue weighted by Gasteiger charge is 2.05. The second kappa shape index (κ2) is 6.36. The molecule has 1 aromatic heterocycles. The Morgan fingerprint density at radius 3 is 2.61 bits per heavy atom. The molecule has 3 N–H and O–H groups in total. The number of imidazole rings is 1. The molecule has 0 radical (unpaired) electrons. The molecule has 0 aliphatic rings. The zero-order chi connectivity index (χ0) is 13.0. The minimum Gasteiger partial charge on any atom is -0.506 e. The van der Waals surface area contributed by atoms with Crippen LogP contribution < -0.4 is 5.32 Å². The molecule has 0 unspecified atom stereocenters. The topological polar surface area (TPSA) is 60.9 Å². The van der Waals surface area contributed by atoms with Crippen LogP contribution in [-0.4, -0.2) is 21.6 Å². The average Bonchev–Trinajstić information content (AvgIpc) is 2.84. The molecule has 0 fully saturated rings. The van der Waals surface area contributed by atoms with E-state index in [0.717, 1.165) is 30.9 Å². The van der Waals surface area contributed by atoms with Gasteiger partial charge in [-0.1, -0.05) is 0 Å². The average molecular weight is 375 g/mol. The maximum atomic E-state index is 9.60. The molecule has 18 heavy (non-hydrogen) atoms. The van der Waals surface area contributed by atoms with Crippen LogP contribution in [-0.2, 0) is 13.0 Å². The van der Waals surface area contributed by atoms with Crippen molar-refractivity contribution in [3.63, 3.8) is 0 Å². The third-order valence-corrected chi connectivity index (χ3v) is 3.71. The summed E-state index contributed by atoms with van der Waals surface area (Å²) in [5, 5.41) is 12.9. The van der Waals surface area contributed by atoms with Gasteiger partial charge in [-0.3, -0.25) is 0 Å². The summed E-state index contributed by atoms with van der Waals surface area (Å²) in [6.45, 7) is 1.60. The molecule has 6 heteroatoms. The quantitative estimate of drug-likeness (QED) is 0.705. The van der Waals surface area contributed by atoms with Gasteiger partial charge in [-0.15, -0.1) is 0 Å². The van der Waals surface area contributed by atoms with Gasteiger partial charge in [0.2, 0.25) is 0 Å². The van der Waals surface area contributed by atoms with E-state index in [4.69, 9.17) is 0 Å². The van der Waals surface area contributed by atoms with Crippen LogP contribution in [0.25, 0.3) is 0 Å². The number of phenols is 1. The summed E-state index contributed by atoms with van der Waals surface area (Å²) >= 11 is 6.63. The largest absolute Gasteiger partial charge is 0.506 e. The Hall–Kier alpha value is -0.850. The number of rotatable bonds is 5. The molecule has 0 spiro atoms. The number of aromatic nitrogens is 2. The Bertz CT molecular complexity index is 491. The molecule has 4 nitrogen and oxygen atoms in total. The predicted molar refractivity (Wildman–Crippen MR) is 77.5 cm³/mol. The van der Waals surface area contributed by atoms with E-state index in [9.17, 15) is 5.11 Å². The molecule has 0 amide bonds. The van der Waals surface area contributed by atoms with Crippen LogP contribution in [0.1, 0.15) is 11.4 Å². The van der Waals surface area contributed by atoms with Gasteiger partial charge in [0, 0.05) is 31.9 Å². The molecule has 0 saturated carbocycles. The van der Waals surface area contributed by atoms with Gasteiger partial charge in [0.1, 0.15) is 11.6 Å². The Labute approximate surface area is 122 Å². The second-order valence-electron chi connectivity index (χ2n) is 3.87. The minimum atomic E-state index is 0.231. The smallest absolute Gasteiger partial charge is 0.143 e. The van der Waals surface area contributed by atoms with Crippen LogP contribution in [0, 0.1) is 0 Å². The van der Waals surface area contributed by atoms with Crippen molar-refractivity contribution in [2.45, 2.75) is 13.0 Å². The SMILES string of the molecule is Oc1c(Br)cc(CNCCc2ncc[nH]2)cc1Br. The van der Waals surface area contributed by atoms with E-state index in [1.54, 1.807) is 6.20 Å². The molecule has 1 aromatic carbocycles. The first-order valence-corrected chi connectivity index (χ1v) is 7.11. The van der Waals surface area contributed by atoms with Crippen molar-refractivity contribution in [1.82, 2.24) is 15.3 Å². The van der Waals surface area contributed by atoms with E-state index in [0.29, 0.717) is 8.95 Å². The lowest BCUT2D eigenvalue weighted by Crippen LogP contribution is -2.17. The molecule has 2 rings (SSSR count). The molecule has 96 valence electrons. The van der Waals surface area contributed by atoms with E-state index < -0.39 is 0 Å². The molecule has 0 aliphatic carbocycles. The summed E-state index contributed by atoms with van der Waals surface area (Å²) in [4.78, 5) is 7.22. The predicted octanol–water partition coefficient (Wildman–Crippen LogP) is 2.97. The van der Waals surface area contributed by atoms with Crippen LogP contribution in [0.2, 0.25) is 0 Å². The Balaban J connectivity index is 1.83. The third kappa shape index (κ3) is 3.57. The summed E-state index contributed by atoms with van der Waals surface area (Å²) in [7, 11) is 0. The van der Waals surface area contributed by atoms with Crippen LogP contribution in [0.4, 0.5) is 0 Å². The minimum absolute atomic E-state index is 0.231. The molecule has 0 aliphatic heterocycles. The highest BCUT2D eigenvalue weighted by Crippen LogP contribution is 2.33. The first-order valence-electron chi connectivity index (χ1n) is 5.52. The third-order valence-electron chi connectivity index (χ3n) is 2.50. The Morgan fingerprint density at radius 2 is 2.00 bits per heavy atom. The number of hydrogen-bond donors (Lipinski definition) is 3. The van der Waals surface area contributed by atoms with E-state index in [1.807, 2.05) is 18.3 Å². The number of benzene rings is 1. The van der Waals surface area contributed by atoms with Gasteiger partial charge in [0.15, 0.2) is 0 Å². The van der Waals surface area contributed by atoms with E-state index >= 15 is 0 Å². The Morgan fingerprint density at radius 1 is 1.28 bits per heavy atom. The molecular formula is C12H13Br2N3O. The molecule has 2 aromatic rings. The molecule has 0 saturated heterocycles. The maximum Gasteiger partial charge on any atom is 0.143 e. The fourth-order valence-corrected chi connectivity index (χ4v) is 2.88. The highest BCUT2D eigenvalue weighted by atomic mass is 79.9. The second-order valence-corrected chi connectivity index (χ2v) is 5.58. The van der Waals surface area contributed by atoms with Crippen molar-refractivity contribution in [2.24, 2.45) is 0 Å². The number of aromatic hydroxyl groups is 1. The van der Waals surface area contributed by atoms with Crippen molar-refractivity contribution in [3.05, 3.63) is 44.9 Å². The normalized spacial score (nSPS) is 10.8. The summed E-state index contributed by atoms with van der Waals surface area (Å²) in [6.07, 6.45) is 4.44. The lowest BCUT2D eigenvalue weighted by atomic mass is 10.2. The van der Waals surface area contributed by atoms with Crippen molar-refractivity contribution < 1.29 is 5.11 Å². The lowest BCUT2D eigenvalue weighted by Gasteiger charge is -2.07. The molecule has 0 bridgehead atoms. The van der Waals surface area contributed by atoms with Gasteiger partial charge < -0.3 is 15.4 Å². The number of nitrogens with one attached hydrogen (secondary N) is 2. The van der Waals surface area contributed by atoms with Gasteiger partial charge >= 0.3 is 0 Å². The van der Waals surface area contributed by atoms with Crippen molar-refractivity contribution in [3.8, 4) is 5.75 Å². The monoisotopic (exact) mass is 373 g/mol. The fourth-order valence-electron chi connectivity index (χ4n) is 1.59. The Kier molecular flexibility index (Phi) is 4.79. The van der Waals surface area contributed by atoms with E-state index in [-0.39, 0.29) is 5.75 Å². The zero-order valence-corrected chi connectivity index (χ0v) is 12.8. The standard InChI is InChI=1S/C12H13Br2N3O/c13-9-5-8(6-10(14)12(9)18)7-15-2-1-11-16-3-4-17-11/h3-6,15,18H,1-2,7H2,(H,16,17). The van der Waals surface area contributed by atoms with Gasteiger partial charge in [-0.2, -0.15) is 0 Å². The van der Waals surface area contributed by atoms with Crippen LogP contribution >= 0.6 is 31.9 Å². The molecule has 1 heterocycles. The number of hydrogen-bond acceptors (Lipinski definition) is 3. The first kappa shape index (κ1) is 13.6. The van der Waals surface area contributed by atoms with E-state index in [2.05, 4.69) is 47.1 Å². The number of phenolic OH excluding ortho intramolecular Hbond substituents is 1. The van der Waals surface area contributed by atoms with Crippen LogP contribution in [0.3, 0.4) is 0 Å². The van der Waals surface area contributed by atoms with E-state index in [1.165, 1.54) is 0 Å². The van der Waals surface area contributed by atoms with Crippen molar-refractivity contribution in [1.29, 1.82) is 0 Å². The fraction of sp³-hybridized carbons (Fsp3) is 0.250. The zero-order valence-electron chi connectivity index (χ0n) is 9.58. The summed E-state index contributed by atoms with van der Waals surface area (Å²) in [6, 6.07) is 3.81. The maximum absolute atomic E-state index is 9.60. The van der Waals surface area contributed by atoms with Gasteiger partial charge in [-0.25, -0.2) is 4.98 Å². The number of H-pyrrole nitrogens is 1. The number of aromatic amines is 1. The van der Waals surface area contributed by atoms with Crippen LogP contribution in [0.5, 0.6) is 5.75 Å². The van der Waals surface area contributed by atoms with Crippen molar-refractivity contribution >= 4 is 31.9 Å². The van der Waals surface area contributed by atoms with Gasteiger partial charge in [0.25, 0.3) is 0 Å². The van der Waals surface area contributed by atoms with Gasteiger partial charge in [0.05, 0.1) is 8.95 Å². The number of halogens is 2. The van der Waals surface area contributed by atoms with Crippen molar-refractivity contribution in [2.75, 3.05) is 6.54 Å². The molecule has 0 atom stereocenters. The lowest BCUT2D eigenvalue weighted by molar-refractivity contribution is 0.468. The van der Waals surface area contributed by atoms with Crippen LogP contribution in [0.15, 0.2) is 33.5 Å². The number of nitrogens with zero attached hydrogens (tertiary/aromatic N) is 1. The highest BCUT2D eigenvalue weighted by molar-refractivity contribution is 9.11. The van der Waals surface area contributed by atoms with Gasteiger partial charge in [-0.05, 0) is 49.6 Å². The first-order chi connectivity index (χ1) is 8.66. The summed E-state index contributed by atoms with van der Waals surface area (Å²) < 4.78 is 1.39.